The fraction of sp³-hybridized carbons (Fsp3) is 0.385. The predicted octanol–water partition coefficient (Wildman–Crippen LogP) is 3.82. The van der Waals surface area contributed by atoms with Gasteiger partial charge in [-0.25, -0.2) is 9.97 Å². The van der Waals surface area contributed by atoms with E-state index in [4.69, 9.17) is 16.0 Å². The summed E-state index contributed by atoms with van der Waals surface area (Å²) in [5.74, 6) is 2.16. The average molecular weight is 251 g/mol. The van der Waals surface area contributed by atoms with Crippen molar-refractivity contribution in [2.75, 3.05) is 0 Å². The van der Waals surface area contributed by atoms with Crippen molar-refractivity contribution in [3.8, 4) is 11.6 Å². The van der Waals surface area contributed by atoms with Crippen LogP contribution in [0.25, 0.3) is 11.6 Å². The zero-order chi connectivity index (χ0) is 12.4. The van der Waals surface area contributed by atoms with Crippen LogP contribution in [0, 0.1) is 6.92 Å². The van der Waals surface area contributed by atoms with Crippen molar-refractivity contribution in [1.82, 2.24) is 9.97 Å². The Morgan fingerprint density at radius 1 is 1.18 bits per heavy atom. The fourth-order valence-electron chi connectivity index (χ4n) is 1.76. The predicted molar refractivity (Wildman–Crippen MR) is 68.2 cm³/mol. The highest BCUT2D eigenvalue weighted by atomic mass is 35.5. The standard InChI is InChI=1S/C13H15ClN2O/c1-4-9-6-7-11(17-9)13-15-8(3)10(5-2)12(14)16-13/h6-7H,4-5H2,1-3H3. The Balaban J connectivity index is 2.46. The monoisotopic (exact) mass is 250 g/mol. The summed E-state index contributed by atoms with van der Waals surface area (Å²) >= 11 is 6.13. The van der Waals surface area contributed by atoms with Gasteiger partial charge in [0.25, 0.3) is 0 Å². The van der Waals surface area contributed by atoms with E-state index in [0.717, 1.165) is 29.9 Å². The third-order valence-electron chi connectivity index (χ3n) is 2.75. The van der Waals surface area contributed by atoms with Gasteiger partial charge in [-0.05, 0) is 25.5 Å². The van der Waals surface area contributed by atoms with Gasteiger partial charge in [-0.2, -0.15) is 0 Å². The molecule has 2 rings (SSSR count). The molecule has 0 radical (unpaired) electrons. The molecular weight excluding hydrogens is 236 g/mol. The number of aromatic nitrogens is 2. The van der Waals surface area contributed by atoms with Crippen molar-refractivity contribution in [2.45, 2.75) is 33.6 Å². The van der Waals surface area contributed by atoms with Crippen molar-refractivity contribution in [1.29, 1.82) is 0 Å². The Bertz CT molecular complexity index is 511. The molecule has 0 saturated carbocycles. The molecule has 4 heteroatoms. The van der Waals surface area contributed by atoms with E-state index >= 15 is 0 Å². The molecule has 3 nitrogen and oxygen atoms in total. The number of aryl methyl sites for hydroxylation is 2. The molecule has 2 aromatic rings. The Hall–Kier alpha value is -1.35. The van der Waals surface area contributed by atoms with Crippen molar-refractivity contribution >= 4 is 11.6 Å². The number of halogens is 1. The van der Waals surface area contributed by atoms with Crippen LogP contribution in [0.5, 0.6) is 0 Å². The zero-order valence-corrected chi connectivity index (χ0v) is 11.0. The van der Waals surface area contributed by atoms with Gasteiger partial charge < -0.3 is 4.42 Å². The summed E-state index contributed by atoms with van der Waals surface area (Å²) in [5, 5.41) is 0.518. The van der Waals surface area contributed by atoms with Crippen molar-refractivity contribution in [3.63, 3.8) is 0 Å². The lowest BCUT2D eigenvalue weighted by Crippen LogP contribution is -1.98. The van der Waals surface area contributed by atoms with Gasteiger partial charge in [-0.3, -0.25) is 0 Å². The van der Waals surface area contributed by atoms with E-state index in [2.05, 4.69) is 9.97 Å². The maximum absolute atomic E-state index is 6.13. The minimum absolute atomic E-state index is 0.518. The maximum atomic E-state index is 6.13. The van der Waals surface area contributed by atoms with E-state index < -0.39 is 0 Å². The lowest BCUT2D eigenvalue weighted by molar-refractivity contribution is 0.525. The highest BCUT2D eigenvalue weighted by molar-refractivity contribution is 6.30. The number of furan rings is 1. The van der Waals surface area contributed by atoms with Crippen LogP contribution in [0.1, 0.15) is 30.9 Å². The minimum atomic E-state index is 0.518. The van der Waals surface area contributed by atoms with Gasteiger partial charge in [0.1, 0.15) is 10.9 Å². The van der Waals surface area contributed by atoms with Crippen LogP contribution in [0.4, 0.5) is 0 Å². The highest BCUT2D eigenvalue weighted by Crippen LogP contribution is 2.24. The van der Waals surface area contributed by atoms with Crippen molar-refractivity contribution < 1.29 is 4.42 Å². The number of rotatable bonds is 3. The zero-order valence-electron chi connectivity index (χ0n) is 10.2. The quantitative estimate of drug-likeness (QED) is 0.778. The first-order valence-corrected chi connectivity index (χ1v) is 6.15. The van der Waals surface area contributed by atoms with Gasteiger partial charge >= 0.3 is 0 Å². The van der Waals surface area contributed by atoms with E-state index in [0.29, 0.717) is 16.7 Å². The molecule has 0 fully saturated rings. The van der Waals surface area contributed by atoms with Crippen LogP contribution < -0.4 is 0 Å². The minimum Gasteiger partial charge on any atom is -0.458 e. The number of hydrogen-bond donors (Lipinski definition) is 0. The van der Waals surface area contributed by atoms with Crippen LogP contribution in [0.15, 0.2) is 16.5 Å². The maximum Gasteiger partial charge on any atom is 0.197 e. The van der Waals surface area contributed by atoms with Gasteiger partial charge in [0.05, 0.1) is 0 Å². The first-order chi connectivity index (χ1) is 8.15. The highest BCUT2D eigenvalue weighted by Gasteiger charge is 2.12. The summed E-state index contributed by atoms with van der Waals surface area (Å²) in [6.45, 7) is 6.03. The molecule has 90 valence electrons. The third kappa shape index (κ3) is 2.34. The molecule has 0 amide bonds. The first kappa shape index (κ1) is 12.1. The van der Waals surface area contributed by atoms with Gasteiger partial charge in [-0.1, -0.05) is 25.4 Å². The molecule has 17 heavy (non-hydrogen) atoms. The van der Waals surface area contributed by atoms with Gasteiger partial charge in [0.15, 0.2) is 11.6 Å². The van der Waals surface area contributed by atoms with Crippen LogP contribution >= 0.6 is 11.6 Å². The van der Waals surface area contributed by atoms with Gasteiger partial charge in [0.2, 0.25) is 0 Å². The third-order valence-corrected chi connectivity index (χ3v) is 3.06. The van der Waals surface area contributed by atoms with Crippen LogP contribution in [0.3, 0.4) is 0 Å². The second-order valence-corrected chi connectivity index (χ2v) is 4.23. The van der Waals surface area contributed by atoms with E-state index in [-0.39, 0.29) is 0 Å². The first-order valence-electron chi connectivity index (χ1n) is 5.77. The summed E-state index contributed by atoms with van der Waals surface area (Å²) in [4.78, 5) is 8.72. The lowest BCUT2D eigenvalue weighted by Gasteiger charge is -2.05. The van der Waals surface area contributed by atoms with E-state index in [1.165, 1.54) is 0 Å². The molecule has 2 heterocycles. The Morgan fingerprint density at radius 2 is 1.94 bits per heavy atom. The molecule has 0 N–H and O–H groups in total. The second kappa shape index (κ2) is 4.88. The van der Waals surface area contributed by atoms with Crippen molar-refractivity contribution in [2.24, 2.45) is 0 Å². The molecule has 0 aliphatic carbocycles. The summed E-state index contributed by atoms with van der Waals surface area (Å²) in [7, 11) is 0. The summed E-state index contributed by atoms with van der Waals surface area (Å²) in [6, 6.07) is 3.82. The van der Waals surface area contributed by atoms with Crippen LogP contribution in [-0.2, 0) is 12.8 Å². The summed E-state index contributed by atoms with van der Waals surface area (Å²) in [6.07, 6.45) is 1.70. The Morgan fingerprint density at radius 3 is 2.47 bits per heavy atom. The Kier molecular flexibility index (Phi) is 3.48. The largest absolute Gasteiger partial charge is 0.458 e. The van der Waals surface area contributed by atoms with E-state index in [1.54, 1.807) is 0 Å². The molecule has 0 aromatic carbocycles. The second-order valence-electron chi connectivity index (χ2n) is 3.88. The van der Waals surface area contributed by atoms with Crippen LogP contribution in [0.2, 0.25) is 5.15 Å². The molecular formula is C13H15ClN2O. The van der Waals surface area contributed by atoms with E-state index in [1.807, 2.05) is 32.9 Å². The summed E-state index contributed by atoms with van der Waals surface area (Å²) < 4.78 is 5.62. The molecule has 0 bridgehead atoms. The molecule has 0 atom stereocenters. The van der Waals surface area contributed by atoms with Crippen LogP contribution in [-0.4, -0.2) is 9.97 Å². The Labute approximate surface area is 106 Å². The number of hydrogen-bond acceptors (Lipinski definition) is 3. The molecule has 0 aliphatic heterocycles. The molecule has 0 unspecified atom stereocenters. The molecule has 0 aliphatic rings. The molecule has 2 aromatic heterocycles. The summed E-state index contributed by atoms with van der Waals surface area (Å²) in [5.41, 5.74) is 1.91. The SMILES string of the molecule is CCc1ccc(-c2nc(C)c(CC)c(Cl)n2)o1. The van der Waals surface area contributed by atoms with Gasteiger partial charge in [-0.15, -0.1) is 0 Å². The molecule has 0 spiro atoms. The smallest absolute Gasteiger partial charge is 0.197 e. The number of nitrogens with zero attached hydrogens (tertiary/aromatic N) is 2. The van der Waals surface area contributed by atoms with E-state index in [9.17, 15) is 0 Å². The normalized spacial score (nSPS) is 10.8. The lowest BCUT2D eigenvalue weighted by atomic mass is 10.2. The topological polar surface area (TPSA) is 38.9 Å². The molecule has 0 saturated heterocycles. The average Bonchev–Trinajstić information content (AvgIpc) is 2.77. The van der Waals surface area contributed by atoms with Crippen molar-refractivity contribution in [3.05, 3.63) is 34.3 Å². The fourth-order valence-corrected chi connectivity index (χ4v) is 2.11. The van der Waals surface area contributed by atoms with Gasteiger partial charge in [0, 0.05) is 17.7 Å².